The molecule has 0 spiro atoms. The normalized spacial score (nSPS) is 10.2. The van der Waals surface area contributed by atoms with E-state index in [9.17, 15) is 5.11 Å². The lowest BCUT2D eigenvalue weighted by Gasteiger charge is -2.10. The summed E-state index contributed by atoms with van der Waals surface area (Å²) < 4.78 is 10.9. The van der Waals surface area contributed by atoms with Crippen LogP contribution in [0.1, 0.15) is 39.5 Å². The zero-order valence-electron chi connectivity index (χ0n) is 10.7. The van der Waals surface area contributed by atoms with Gasteiger partial charge in [-0.2, -0.15) is 0 Å². The average Bonchev–Trinajstić information content (AvgIpc) is 2.32. The summed E-state index contributed by atoms with van der Waals surface area (Å²) in [6.45, 7) is 5.55. The maximum Gasteiger partial charge on any atom is 0.161 e. The molecule has 0 aliphatic heterocycles. The standard InChI is InChI=1S/C14H22O3/c1-3-5-9-16-12-7-8-14(13(15)11-12)17-10-6-4-2/h7-8,11,15H,3-6,9-10H2,1-2H3. The van der Waals surface area contributed by atoms with Crippen LogP contribution >= 0.6 is 0 Å². The quantitative estimate of drug-likeness (QED) is 0.701. The van der Waals surface area contributed by atoms with Crippen LogP contribution in [0.25, 0.3) is 0 Å². The second-order valence-corrected chi connectivity index (χ2v) is 4.03. The minimum Gasteiger partial charge on any atom is -0.504 e. The Morgan fingerprint density at radius 1 is 1.00 bits per heavy atom. The van der Waals surface area contributed by atoms with Gasteiger partial charge in [0.25, 0.3) is 0 Å². The third-order valence-corrected chi connectivity index (χ3v) is 2.45. The summed E-state index contributed by atoms with van der Waals surface area (Å²) in [7, 11) is 0. The van der Waals surface area contributed by atoms with Gasteiger partial charge in [-0.25, -0.2) is 0 Å². The van der Waals surface area contributed by atoms with Gasteiger partial charge >= 0.3 is 0 Å². The third-order valence-electron chi connectivity index (χ3n) is 2.45. The van der Waals surface area contributed by atoms with Crippen molar-refractivity contribution in [2.45, 2.75) is 39.5 Å². The lowest BCUT2D eigenvalue weighted by atomic mass is 10.3. The maximum absolute atomic E-state index is 9.74. The predicted molar refractivity (Wildman–Crippen MR) is 68.9 cm³/mol. The van der Waals surface area contributed by atoms with E-state index in [0.29, 0.717) is 24.7 Å². The second-order valence-electron chi connectivity index (χ2n) is 4.03. The highest BCUT2D eigenvalue weighted by molar-refractivity contribution is 5.44. The molecule has 3 heteroatoms. The molecule has 1 aromatic carbocycles. The predicted octanol–water partition coefficient (Wildman–Crippen LogP) is 3.75. The fraction of sp³-hybridized carbons (Fsp3) is 0.571. The topological polar surface area (TPSA) is 38.7 Å². The Morgan fingerprint density at radius 3 is 2.24 bits per heavy atom. The first-order chi connectivity index (χ1) is 8.27. The van der Waals surface area contributed by atoms with Gasteiger partial charge in [-0.3, -0.25) is 0 Å². The van der Waals surface area contributed by atoms with Crippen molar-refractivity contribution in [1.82, 2.24) is 0 Å². The molecule has 1 aromatic rings. The molecule has 0 amide bonds. The minimum absolute atomic E-state index is 0.148. The number of hydrogen-bond acceptors (Lipinski definition) is 3. The van der Waals surface area contributed by atoms with Gasteiger partial charge in [0.2, 0.25) is 0 Å². The Hall–Kier alpha value is -1.38. The third kappa shape index (κ3) is 4.98. The molecule has 1 rings (SSSR count). The van der Waals surface area contributed by atoms with Crippen molar-refractivity contribution in [3.05, 3.63) is 18.2 Å². The summed E-state index contributed by atoms with van der Waals surface area (Å²) in [4.78, 5) is 0. The molecule has 0 aromatic heterocycles. The smallest absolute Gasteiger partial charge is 0.161 e. The van der Waals surface area contributed by atoms with E-state index < -0.39 is 0 Å². The lowest BCUT2D eigenvalue weighted by Crippen LogP contribution is -1.98. The van der Waals surface area contributed by atoms with Gasteiger partial charge in [0.05, 0.1) is 13.2 Å². The van der Waals surface area contributed by atoms with Gasteiger partial charge in [0.1, 0.15) is 5.75 Å². The largest absolute Gasteiger partial charge is 0.504 e. The van der Waals surface area contributed by atoms with Crippen LogP contribution in [0.3, 0.4) is 0 Å². The van der Waals surface area contributed by atoms with Crippen molar-refractivity contribution in [2.75, 3.05) is 13.2 Å². The second kappa shape index (κ2) is 7.82. The molecule has 0 unspecified atom stereocenters. The molecule has 0 saturated heterocycles. The van der Waals surface area contributed by atoms with Gasteiger partial charge in [-0.15, -0.1) is 0 Å². The van der Waals surface area contributed by atoms with Crippen LogP contribution in [0, 0.1) is 0 Å². The highest BCUT2D eigenvalue weighted by Crippen LogP contribution is 2.30. The molecule has 0 heterocycles. The van der Waals surface area contributed by atoms with Crippen molar-refractivity contribution in [3.8, 4) is 17.2 Å². The number of rotatable bonds is 8. The van der Waals surface area contributed by atoms with Crippen molar-refractivity contribution < 1.29 is 14.6 Å². The first kappa shape index (κ1) is 13.7. The molecule has 0 fully saturated rings. The first-order valence-electron chi connectivity index (χ1n) is 6.36. The molecular weight excluding hydrogens is 216 g/mol. The Bertz CT molecular complexity index is 323. The van der Waals surface area contributed by atoms with Crippen LogP contribution in [0.4, 0.5) is 0 Å². The Kier molecular flexibility index (Phi) is 6.30. The number of phenols is 1. The summed E-state index contributed by atoms with van der Waals surface area (Å²) in [5.74, 6) is 1.37. The van der Waals surface area contributed by atoms with E-state index in [4.69, 9.17) is 9.47 Å². The summed E-state index contributed by atoms with van der Waals surface area (Å²) in [5.41, 5.74) is 0. The molecule has 17 heavy (non-hydrogen) atoms. The highest BCUT2D eigenvalue weighted by Gasteiger charge is 2.04. The zero-order chi connectivity index (χ0) is 12.5. The molecule has 0 saturated carbocycles. The van der Waals surface area contributed by atoms with Crippen molar-refractivity contribution in [1.29, 1.82) is 0 Å². The monoisotopic (exact) mass is 238 g/mol. The zero-order valence-corrected chi connectivity index (χ0v) is 10.7. The average molecular weight is 238 g/mol. The van der Waals surface area contributed by atoms with E-state index in [1.807, 2.05) is 6.07 Å². The number of benzene rings is 1. The fourth-order valence-corrected chi connectivity index (χ4v) is 1.37. The van der Waals surface area contributed by atoms with Crippen molar-refractivity contribution >= 4 is 0 Å². The number of unbranched alkanes of at least 4 members (excludes halogenated alkanes) is 2. The van der Waals surface area contributed by atoms with Crippen molar-refractivity contribution in [3.63, 3.8) is 0 Å². The van der Waals surface area contributed by atoms with E-state index in [2.05, 4.69) is 13.8 Å². The van der Waals surface area contributed by atoms with E-state index in [1.54, 1.807) is 12.1 Å². The van der Waals surface area contributed by atoms with Crippen LogP contribution in [-0.2, 0) is 0 Å². The number of phenolic OH excluding ortho intramolecular Hbond substituents is 1. The summed E-state index contributed by atoms with van der Waals surface area (Å²) in [6.07, 6.45) is 4.20. The van der Waals surface area contributed by atoms with E-state index in [-0.39, 0.29) is 5.75 Å². The first-order valence-corrected chi connectivity index (χ1v) is 6.36. The van der Waals surface area contributed by atoms with Gasteiger partial charge in [0.15, 0.2) is 11.5 Å². The molecule has 0 aliphatic carbocycles. The molecule has 1 N–H and O–H groups in total. The number of hydrogen-bond donors (Lipinski definition) is 1. The van der Waals surface area contributed by atoms with E-state index in [1.165, 1.54) is 0 Å². The molecule has 0 bridgehead atoms. The highest BCUT2D eigenvalue weighted by atomic mass is 16.5. The van der Waals surface area contributed by atoms with Gasteiger partial charge in [0, 0.05) is 6.07 Å². The van der Waals surface area contributed by atoms with Gasteiger partial charge in [-0.05, 0) is 25.0 Å². The fourth-order valence-electron chi connectivity index (χ4n) is 1.37. The number of aromatic hydroxyl groups is 1. The summed E-state index contributed by atoms with van der Waals surface area (Å²) in [5, 5.41) is 9.74. The molecule has 0 aliphatic rings. The lowest BCUT2D eigenvalue weighted by molar-refractivity contribution is 0.286. The summed E-state index contributed by atoms with van der Waals surface area (Å²) in [6, 6.07) is 5.19. The van der Waals surface area contributed by atoms with Crippen LogP contribution in [0.15, 0.2) is 18.2 Å². The van der Waals surface area contributed by atoms with Crippen LogP contribution in [0.2, 0.25) is 0 Å². The van der Waals surface area contributed by atoms with Crippen LogP contribution in [-0.4, -0.2) is 18.3 Å². The Morgan fingerprint density at radius 2 is 1.65 bits per heavy atom. The minimum atomic E-state index is 0.148. The molecule has 96 valence electrons. The maximum atomic E-state index is 9.74. The Labute approximate surface area is 103 Å². The molecule has 0 radical (unpaired) electrons. The van der Waals surface area contributed by atoms with E-state index in [0.717, 1.165) is 25.7 Å². The summed E-state index contributed by atoms with van der Waals surface area (Å²) >= 11 is 0. The van der Waals surface area contributed by atoms with E-state index >= 15 is 0 Å². The number of ether oxygens (including phenoxy) is 2. The van der Waals surface area contributed by atoms with Gasteiger partial charge in [-0.1, -0.05) is 26.7 Å². The van der Waals surface area contributed by atoms with Gasteiger partial charge < -0.3 is 14.6 Å². The molecular formula is C14H22O3. The van der Waals surface area contributed by atoms with Crippen molar-refractivity contribution in [2.24, 2.45) is 0 Å². The molecule has 3 nitrogen and oxygen atoms in total. The molecule has 0 atom stereocenters. The SMILES string of the molecule is CCCCOc1ccc(OCCCC)c(O)c1. The van der Waals surface area contributed by atoms with Crippen LogP contribution in [0.5, 0.6) is 17.2 Å². The van der Waals surface area contributed by atoms with Crippen LogP contribution < -0.4 is 9.47 Å². The Balaban J connectivity index is 2.47.